The van der Waals surface area contributed by atoms with Crippen LogP contribution in [0.5, 0.6) is 0 Å². The normalized spacial score (nSPS) is 19.2. The van der Waals surface area contributed by atoms with Crippen LogP contribution in [0.25, 0.3) is 0 Å². The van der Waals surface area contributed by atoms with Crippen molar-refractivity contribution < 1.29 is 9.59 Å². The second-order valence-corrected chi connectivity index (χ2v) is 6.38. The van der Waals surface area contributed by atoms with Crippen LogP contribution in [0.3, 0.4) is 0 Å². The summed E-state index contributed by atoms with van der Waals surface area (Å²) in [5.41, 5.74) is 6.90. The number of carbonyl (C=O) groups excluding carboxylic acids is 2. The van der Waals surface area contributed by atoms with Crippen molar-refractivity contribution in [2.75, 3.05) is 18.8 Å². The first-order valence-electron chi connectivity index (χ1n) is 8.47. The highest BCUT2D eigenvalue weighted by Gasteiger charge is 2.29. The maximum Gasteiger partial charge on any atom is 0.255 e. The fourth-order valence-electron chi connectivity index (χ4n) is 3.10. The maximum absolute atomic E-state index is 12.6. The molecule has 2 unspecified atom stereocenters. The molecule has 1 heterocycles. The zero-order valence-corrected chi connectivity index (χ0v) is 14.0. The summed E-state index contributed by atoms with van der Waals surface area (Å²) in [4.78, 5) is 26.8. The first kappa shape index (κ1) is 17.3. The van der Waals surface area contributed by atoms with E-state index in [1.165, 1.54) is 0 Å². The second-order valence-electron chi connectivity index (χ2n) is 6.38. The van der Waals surface area contributed by atoms with Gasteiger partial charge in [0.15, 0.2) is 0 Å². The molecule has 1 aromatic rings. The summed E-state index contributed by atoms with van der Waals surface area (Å²) in [6.07, 6.45) is 3.70. The minimum atomic E-state index is -0.128. The van der Waals surface area contributed by atoms with Crippen LogP contribution in [0.4, 0.5) is 5.69 Å². The average Bonchev–Trinajstić information content (AvgIpc) is 2.55. The van der Waals surface area contributed by atoms with Crippen molar-refractivity contribution in [3.05, 3.63) is 29.8 Å². The van der Waals surface area contributed by atoms with Crippen molar-refractivity contribution in [2.45, 2.75) is 45.6 Å². The molecule has 0 aromatic heterocycles. The van der Waals surface area contributed by atoms with Gasteiger partial charge >= 0.3 is 0 Å². The number of likely N-dealkylation sites (tertiary alicyclic amines) is 1. The maximum atomic E-state index is 12.6. The van der Waals surface area contributed by atoms with Crippen molar-refractivity contribution in [1.82, 2.24) is 10.2 Å². The van der Waals surface area contributed by atoms with Gasteiger partial charge in [0.25, 0.3) is 5.91 Å². The highest BCUT2D eigenvalue weighted by atomic mass is 16.2. The Kier molecular flexibility index (Phi) is 6.02. The Balaban J connectivity index is 1.99. The van der Waals surface area contributed by atoms with Crippen LogP contribution in [-0.4, -0.2) is 35.8 Å². The van der Waals surface area contributed by atoms with Crippen LogP contribution in [0.1, 0.15) is 49.9 Å². The van der Waals surface area contributed by atoms with E-state index in [0.717, 1.165) is 25.7 Å². The molecule has 5 nitrogen and oxygen atoms in total. The molecule has 2 atom stereocenters. The SMILES string of the molecule is CCCC(C)NC(=O)C1CCCN(C(=O)c2ccccc2N)C1. The number of benzene rings is 1. The van der Waals surface area contributed by atoms with Gasteiger partial charge in [0.2, 0.25) is 5.91 Å². The van der Waals surface area contributed by atoms with Crippen molar-refractivity contribution in [2.24, 2.45) is 5.92 Å². The summed E-state index contributed by atoms with van der Waals surface area (Å²) < 4.78 is 0. The lowest BCUT2D eigenvalue weighted by molar-refractivity contribution is -0.127. The number of nitrogens with two attached hydrogens (primary N) is 1. The monoisotopic (exact) mass is 317 g/mol. The van der Waals surface area contributed by atoms with Crippen LogP contribution in [0.15, 0.2) is 24.3 Å². The fourth-order valence-corrected chi connectivity index (χ4v) is 3.10. The lowest BCUT2D eigenvalue weighted by atomic mass is 9.95. The van der Waals surface area contributed by atoms with Crippen LogP contribution in [0.2, 0.25) is 0 Å². The van der Waals surface area contributed by atoms with E-state index in [9.17, 15) is 9.59 Å². The summed E-state index contributed by atoms with van der Waals surface area (Å²) in [5.74, 6) is -0.149. The first-order valence-corrected chi connectivity index (χ1v) is 8.47. The van der Waals surface area contributed by atoms with E-state index < -0.39 is 0 Å². The van der Waals surface area contributed by atoms with Crippen molar-refractivity contribution in [3.63, 3.8) is 0 Å². The topological polar surface area (TPSA) is 75.4 Å². The van der Waals surface area contributed by atoms with Gasteiger partial charge < -0.3 is 16.0 Å². The van der Waals surface area contributed by atoms with E-state index in [1.54, 1.807) is 17.0 Å². The van der Waals surface area contributed by atoms with E-state index in [-0.39, 0.29) is 23.8 Å². The van der Waals surface area contributed by atoms with Gasteiger partial charge in [0, 0.05) is 24.8 Å². The molecule has 1 aliphatic heterocycles. The molecule has 0 saturated carbocycles. The number of nitrogen functional groups attached to an aromatic ring is 1. The Morgan fingerprint density at radius 1 is 1.39 bits per heavy atom. The van der Waals surface area contributed by atoms with Crippen molar-refractivity contribution in [3.8, 4) is 0 Å². The van der Waals surface area contributed by atoms with Crippen molar-refractivity contribution >= 4 is 17.5 Å². The number of anilines is 1. The lowest BCUT2D eigenvalue weighted by Gasteiger charge is -2.33. The number of amides is 2. The molecule has 126 valence electrons. The second kappa shape index (κ2) is 7.99. The van der Waals surface area contributed by atoms with E-state index in [4.69, 9.17) is 5.73 Å². The van der Waals surface area contributed by atoms with Gasteiger partial charge in [-0.2, -0.15) is 0 Å². The van der Waals surface area contributed by atoms with Crippen molar-refractivity contribution in [1.29, 1.82) is 0 Å². The molecule has 0 aliphatic carbocycles. The predicted octanol–water partition coefficient (Wildman–Crippen LogP) is 2.43. The van der Waals surface area contributed by atoms with E-state index >= 15 is 0 Å². The fraction of sp³-hybridized carbons (Fsp3) is 0.556. The quantitative estimate of drug-likeness (QED) is 0.819. The van der Waals surface area contributed by atoms with Gasteiger partial charge in [-0.25, -0.2) is 0 Å². The predicted molar refractivity (Wildman–Crippen MR) is 92.0 cm³/mol. The Labute approximate surface area is 138 Å². The number of piperidine rings is 1. The minimum Gasteiger partial charge on any atom is -0.398 e. The van der Waals surface area contributed by atoms with Crippen LogP contribution < -0.4 is 11.1 Å². The standard InChI is InChI=1S/C18H27N3O2/c1-3-7-13(2)20-17(22)14-8-6-11-21(12-14)18(23)15-9-4-5-10-16(15)19/h4-5,9-10,13-14H,3,6-8,11-12,19H2,1-2H3,(H,20,22). The van der Waals surface area contributed by atoms with Gasteiger partial charge in [-0.15, -0.1) is 0 Å². The summed E-state index contributed by atoms with van der Waals surface area (Å²) >= 11 is 0. The molecule has 0 radical (unpaired) electrons. The molecular formula is C18H27N3O2. The molecule has 2 rings (SSSR count). The summed E-state index contributed by atoms with van der Waals surface area (Å²) in [6, 6.07) is 7.28. The highest BCUT2D eigenvalue weighted by Crippen LogP contribution is 2.21. The molecule has 2 amide bonds. The molecule has 1 fully saturated rings. The molecule has 5 heteroatoms. The molecule has 1 aromatic carbocycles. The van der Waals surface area contributed by atoms with Gasteiger partial charge in [-0.3, -0.25) is 9.59 Å². The first-order chi connectivity index (χ1) is 11.0. The third-order valence-corrected chi connectivity index (χ3v) is 4.38. The number of para-hydroxylation sites is 1. The van der Waals surface area contributed by atoms with Crippen LogP contribution in [0, 0.1) is 5.92 Å². The molecule has 0 bridgehead atoms. The molecule has 3 N–H and O–H groups in total. The zero-order valence-electron chi connectivity index (χ0n) is 14.0. The Morgan fingerprint density at radius 2 is 2.13 bits per heavy atom. The molecule has 1 saturated heterocycles. The number of rotatable bonds is 5. The Hall–Kier alpha value is -2.04. The van der Waals surface area contributed by atoms with E-state index in [0.29, 0.717) is 24.3 Å². The number of hydrogen-bond acceptors (Lipinski definition) is 3. The highest BCUT2D eigenvalue weighted by molar-refractivity contribution is 5.99. The molecule has 1 aliphatic rings. The van der Waals surface area contributed by atoms with E-state index in [1.807, 2.05) is 19.1 Å². The van der Waals surface area contributed by atoms with Gasteiger partial charge in [0.05, 0.1) is 11.5 Å². The molecule has 23 heavy (non-hydrogen) atoms. The van der Waals surface area contributed by atoms with Crippen LogP contribution >= 0.6 is 0 Å². The summed E-state index contributed by atoms with van der Waals surface area (Å²) in [5, 5.41) is 3.06. The third-order valence-electron chi connectivity index (χ3n) is 4.38. The average molecular weight is 317 g/mol. The number of nitrogens with one attached hydrogen (secondary N) is 1. The lowest BCUT2D eigenvalue weighted by Crippen LogP contribution is -2.47. The largest absolute Gasteiger partial charge is 0.398 e. The Bertz CT molecular complexity index is 559. The van der Waals surface area contributed by atoms with Gasteiger partial charge in [-0.05, 0) is 38.3 Å². The number of nitrogens with zero attached hydrogens (tertiary/aromatic N) is 1. The Morgan fingerprint density at radius 3 is 2.83 bits per heavy atom. The molecular weight excluding hydrogens is 290 g/mol. The number of carbonyl (C=O) groups is 2. The van der Waals surface area contributed by atoms with Crippen LogP contribution in [-0.2, 0) is 4.79 Å². The third kappa shape index (κ3) is 4.47. The summed E-state index contributed by atoms with van der Waals surface area (Å²) in [6.45, 7) is 5.28. The number of hydrogen-bond donors (Lipinski definition) is 2. The molecule has 0 spiro atoms. The van der Waals surface area contributed by atoms with Gasteiger partial charge in [-0.1, -0.05) is 25.5 Å². The van der Waals surface area contributed by atoms with E-state index in [2.05, 4.69) is 12.2 Å². The zero-order chi connectivity index (χ0) is 16.8. The smallest absolute Gasteiger partial charge is 0.255 e. The van der Waals surface area contributed by atoms with Gasteiger partial charge in [0.1, 0.15) is 0 Å². The summed E-state index contributed by atoms with van der Waals surface area (Å²) in [7, 11) is 0. The minimum absolute atomic E-state index is 0.0597.